The topological polar surface area (TPSA) is 53.4 Å². The van der Waals surface area contributed by atoms with Gasteiger partial charge in [-0.05, 0) is 26.0 Å². The molecule has 0 spiro atoms. The van der Waals surface area contributed by atoms with Crippen molar-refractivity contribution in [1.29, 1.82) is 0 Å². The molecule has 2 rings (SSSR count). The molecule has 0 aliphatic heterocycles. The number of aromatic nitrogens is 1. The third kappa shape index (κ3) is 2.51. The SMILES string of the molecule is CCN(C(=O)c1cnc(C)s1)c1cccc(O)c1. The molecule has 1 amide bonds. The molecule has 2 aromatic rings. The van der Waals surface area contributed by atoms with Crippen molar-refractivity contribution in [2.24, 2.45) is 0 Å². The van der Waals surface area contributed by atoms with E-state index in [-0.39, 0.29) is 11.7 Å². The van der Waals surface area contributed by atoms with E-state index in [2.05, 4.69) is 4.98 Å². The molecule has 0 saturated heterocycles. The van der Waals surface area contributed by atoms with Gasteiger partial charge >= 0.3 is 0 Å². The van der Waals surface area contributed by atoms with Crippen LogP contribution < -0.4 is 4.90 Å². The fourth-order valence-electron chi connectivity index (χ4n) is 1.70. The maximum Gasteiger partial charge on any atom is 0.269 e. The van der Waals surface area contributed by atoms with Crippen LogP contribution in [-0.2, 0) is 0 Å². The summed E-state index contributed by atoms with van der Waals surface area (Å²) in [6.07, 6.45) is 1.59. The fourth-order valence-corrected chi connectivity index (χ4v) is 2.42. The summed E-state index contributed by atoms with van der Waals surface area (Å²) in [5.41, 5.74) is 0.688. The van der Waals surface area contributed by atoms with E-state index in [1.807, 2.05) is 13.8 Å². The van der Waals surface area contributed by atoms with Crippen molar-refractivity contribution in [3.05, 3.63) is 40.3 Å². The Morgan fingerprint density at radius 2 is 2.28 bits per heavy atom. The number of benzene rings is 1. The average molecular weight is 262 g/mol. The van der Waals surface area contributed by atoms with Crippen molar-refractivity contribution in [3.8, 4) is 5.75 Å². The predicted molar refractivity (Wildman–Crippen MR) is 72.3 cm³/mol. The van der Waals surface area contributed by atoms with E-state index in [1.54, 1.807) is 35.4 Å². The molecular weight excluding hydrogens is 248 g/mol. The first-order chi connectivity index (χ1) is 8.61. The number of hydrogen-bond donors (Lipinski definition) is 1. The second kappa shape index (κ2) is 5.18. The van der Waals surface area contributed by atoms with Gasteiger partial charge in [0.15, 0.2) is 0 Å². The van der Waals surface area contributed by atoms with Gasteiger partial charge in [0.2, 0.25) is 0 Å². The molecule has 1 N–H and O–H groups in total. The van der Waals surface area contributed by atoms with Crippen LogP contribution >= 0.6 is 11.3 Å². The Balaban J connectivity index is 2.31. The van der Waals surface area contributed by atoms with Crippen LogP contribution in [0.3, 0.4) is 0 Å². The summed E-state index contributed by atoms with van der Waals surface area (Å²) < 4.78 is 0. The summed E-state index contributed by atoms with van der Waals surface area (Å²) in [5, 5.41) is 10.3. The first-order valence-corrected chi connectivity index (χ1v) is 6.46. The third-order valence-corrected chi connectivity index (χ3v) is 3.44. The summed E-state index contributed by atoms with van der Waals surface area (Å²) in [4.78, 5) is 18.6. The van der Waals surface area contributed by atoms with Gasteiger partial charge < -0.3 is 10.0 Å². The zero-order valence-electron chi connectivity index (χ0n) is 10.3. The summed E-state index contributed by atoms with van der Waals surface area (Å²) >= 11 is 1.37. The maximum absolute atomic E-state index is 12.3. The van der Waals surface area contributed by atoms with Gasteiger partial charge in [-0.15, -0.1) is 11.3 Å². The number of aryl methyl sites for hydroxylation is 1. The number of hydrogen-bond acceptors (Lipinski definition) is 4. The van der Waals surface area contributed by atoms with E-state index in [9.17, 15) is 9.90 Å². The van der Waals surface area contributed by atoms with Crippen LogP contribution in [0.5, 0.6) is 5.75 Å². The molecule has 1 aromatic heterocycles. The highest BCUT2D eigenvalue weighted by Crippen LogP contribution is 2.23. The average Bonchev–Trinajstić information content (AvgIpc) is 2.77. The highest BCUT2D eigenvalue weighted by molar-refractivity contribution is 7.13. The molecule has 18 heavy (non-hydrogen) atoms. The summed E-state index contributed by atoms with van der Waals surface area (Å²) in [7, 11) is 0. The maximum atomic E-state index is 12.3. The Morgan fingerprint density at radius 3 is 2.83 bits per heavy atom. The molecule has 0 unspecified atom stereocenters. The Kier molecular flexibility index (Phi) is 3.62. The largest absolute Gasteiger partial charge is 0.508 e. The van der Waals surface area contributed by atoms with Gasteiger partial charge in [0.1, 0.15) is 10.6 Å². The van der Waals surface area contributed by atoms with Gasteiger partial charge in [-0.2, -0.15) is 0 Å². The standard InChI is InChI=1S/C13H14N2O2S/c1-3-15(10-5-4-6-11(16)7-10)13(17)12-8-14-9(2)18-12/h4-8,16H,3H2,1-2H3. The first-order valence-electron chi connectivity index (χ1n) is 5.65. The van der Waals surface area contributed by atoms with E-state index in [0.29, 0.717) is 17.1 Å². The predicted octanol–water partition coefficient (Wildman–Crippen LogP) is 2.82. The van der Waals surface area contributed by atoms with Crippen molar-refractivity contribution < 1.29 is 9.90 Å². The lowest BCUT2D eigenvalue weighted by Gasteiger charge is -2.20. The lowest BCUT2D eigenvalue weighted by molar-refractivity contribution is 0.0992. The molecule has 0 radical (unpaired) electrons. The highest BCUT2D eigenvalue weighted by atomic mass is 32.1. The van der Waals surface area contributed by atoms with E-state index < -0.39 is 0 Å². The lowest BCUT2D eigenvalue weighted by atomic mass is 10.2. The van der Waals surface area contributed by atoms with Gasteiger partial charge in [0, 0.05) is 18.3 Å². The Bertz CT molecular complexity index is 566. The monoisotopic (exact) mass is 262 g/mol. The summed E-state index contributed by atoms with van der Waals surface area (Å²) in [6.45, 7) is 4.31. The van der Waals surface area contributed by atoms with Gasteiger partial charge in [-0.1, -0.05) is 6.07 Å². The van der Waals surface area contributed by atoms with Crippen LogP contribution in [0.4, 0.5) is 5.69 Å². The minimum Gasteiger partial charge on any atom is -0.508 e. The second-order valence-corrected chi connectivity index (χ2v) is 5.05. The number of aromatic hydroxyl groups is 1. The van der Waals surface area contributed by atoms with Crippen LogP contribution in [0.25, 0.3) is 0 Å². The van der Waals surface area contributed by atoms with Crippen LogP contribution in [0.15, 0.2) is 30.5 Å². The first kappa shape index (κ1) is 12.6. The number of nitrogens with zero attached hydrogens (tertiary/aromatic N) is 2. The quantitative estimate of drug-likeness (QED) is 0.925. The van der Waals surface area contributed by atoms with Gasteiger partial charge in [-0.25, -0.2) is 4.98 Å². The minimum absolute atomic E-state index is 0.0892. The molecule has 0 bridgehead atoms. The van der Waals surface area contributed by atoms with E-state index >= 15 is 0 Å². The minimum atomic E-state index is -0.0892. The fraction of sp³-hybridized carbons (Fsp3) is 0.231. The number of anilines is 1. The summed E-state index contributed by atoms with van der Waals surface area (Å²) in [6, 6.07) is 6.68. The van der Waals surface area contributed by atoms with Gasteiger partial charge in [0.05, 0.1) is 11.2 Å². The van der Waals surface area contributed by atoms with E-state index in [0.717, 1.165) is 5.01 Å². The van der Waals surface area contributed by atoms with Crippen LogP contribution in [0.1, 0.15) is 21.6 Å². The Morgan fingerprint density at radius 1 is 1.50 bits per heavy atom. The number of phenolic OH excluding ortho intramolecular Hbond substituents is 1. The van der Waals surface area contributed by atoms with Crippen LogP contribution in [0, 0.1) is 6.92 Å². The van der Waals surface area contributed by atoms with Crippen molar-refractivity contribution >= 4 is 22.9 Å². The third-order valence-electron chi connectivity index (χ3n) is 2.53. The normalized spacial score (nSPS) is 10.3. The smallest absolute Gasteiger partial charge is 0.269 e. The van der Waals surface area contributed by atoms with Crippen LogP contribution in [-0.4, -0.2) is 22.5 Å². The summed E-state index contributed by atoms with van der Waals surface area (Å²) in [5.74, 6) is 0.0629. The number of thiazole rings is 1. The molecule has 5 heteroatoms. The molecule has 4 nitrogen and oxygen atoms in total. The molecule has 1 heterocycles. The Labute approximate surface area is 110 Å². The number of phenols is 1. The number of carbonyl (C=O) groups excluding carboxylic acids is 1. The van der Waals surface area contributed by atoms with Crippen molar-refractivity contribution in [1.82, 2.24) is 4.98 Å². The molecule has 0 aliphatic rings. The lowest BCUT2D eigenvalue weighted by Crippen LogP contribution is -2.29. The second-order valence-electron chi connectivity index (χ2n) is 3.81. The van der Waals surface area contributed by atoms with Gasteiger partial charge in [0.25, 0.3) is 5.91 Å². The zero-order chi connectivity index (χ0) is 13.1. The zero-order valence-corrected chi connectivity index (χ0v) is 11.1. The van der Waals surface area contributed by atoms with Crippen molar-refractivity contribution in [2.45, 2.75) is 13.8 Å². The van der Waals surface area contributed by atoms with Crippen LogP contribution in [0.2, 0.25) is 0 Å². The molecular formula is C13H14N2O2S. The molecule has 0 fully saturated rings. The Hall–Kier alpha value is -1.88. The molecule has 0 aliphatic carbocycles. The van der Waals surface area contributed by atoms with Crippen molar-refractivity contribution in [3.63, 3.8) is 0 Å². The molecule has 94 valence electrons. The number of carbonyl (C=O) groups is 1. The number of amides is 1. The molecule has 1 aromatic carbocycles. The molecule has 0 saturated carbocycles. The highest BCUT2D eigenvalue weighted by Gasteiger charge is 2.18. The van der Waals surface area contributed by atoms with E-state index in [1.165, 1.54) is 11.3 Å². The van der Waals surface area contributed by atoms with Crippen molar-refractivity contribution in [2.75, 3.05) is 11.4 Å². The molecule has 0 atom stereocenters. The van der Waals surface area contributed by atoms with Gasteiger partial charge in [-0.3, -0.25) is 4.79 Å². The number of rotatable bonds is 3. The van der Waals surface area contributed by atoms with E-state index in [4.69, 9.17) is 0 Å².